The number of halogens is 6. The van der Waals surface area contributed by atoms with E-state index in [9.17, 15) is 34.8 Å². The van der Waals surface area contributed by atoms with Gasteiger partial charge in [-0.1, -0.05) is 6.07 Å². The van der Waals surface area contributed by atoms with Gasteiger partial charge in [0.1, 0.15) is 6.07 Å². The van der Waals surface area contributed by atoms with Gasteiger partial charge >= 0.3 is 12.4 Å². The highest BCUT2D eigenvalue weighted by Crippen LogP contribution is 2.37. The number of benzene rings is 1. The summed E-state index contributed by atoms with van der Waals surface area (Å²) in [5, 5.41) is 10.5. The first-order valence-corrected chi connectivity index (χ1v) is 8.66. The molecule has 0 aliphatic carbocycles. The number of hydrogen-bond acceptors (Lipinski definition) is 5. The first-order chi connectivity index (χ1) is 12.9. The van der Waals surface area contributed by atoms with E-state index in [1.54, 1.807) is 0 Å². The lowest BCUT2D eigenvalue weighted by Gasteiger charge is -2.14. The Morgan fingerprint density at radius 1 is 1.04 bits per heavy atom. The molecule has 12 heteroatoms. The Labute approximate surface area is 154 Å². The Morgan fingerprint density at radius 2 is 1.61 bits per heavy atom. The largest absolute Gasteiger partial charge is 0.416 e. The van der Waals surface area contributed by atoms with Crippen LogP contribution in [0.5, 0.6) is 0 Å². The summed E-state index contributed by atoms with van der Waals surface area (Å²) in [6, 6.07) is 5.77. The molecule has 0 saturated carbocycles. The molecule has 0 bridgehead atoms. The third kappa shape index (κ3) is 4.80. The highest BCUT2D eigenvalue weighted by Gasteiger charge is 2.37. The fraction of sp³-hybridized carbons (Fsp3) is 0.125. The molecule has 2 rings (SSSR count). The minimum Gasteiger partial charge on any atom is -0.360 e. The van der Waals surface area contributed by atoms with Crippen molar-refractivity contribution in [1.29, 1.82) is 5.26 Å². The van der Waals surface area contributed by atoms with Crippen molar-refractivity contribution < 1.29 is 34.8 Å². The Morgan fingerprint density at radius 3 is 2.04 bits per heavy atom. The average Bonchev–Trinajstić information content (AvgIpc) is 2.61. The monoisotopic (exact) mass is 421 g/mol. The molecule has 1 heterocycles. The minimum absolute atomic E-state index is 0.0786. The fourth-order valence-corrected chi connectivity index (χ4v) is 2.99. The maximum absolute atomic E-state index is 12.8. The molecular weight excluding hydrogens is 412 g/mol. The number of rotatable bonds is 4. The number of hydrogen-bond donors (Lipinski definition) is 1. The molecule has 1 aromatic heterocycles. The van der Waals surface area contributed by atoms with Crippen molar-refractivity contribution in [3.05, 3.63) is 64.8 Å². The van der Waals surface area contributed by atoms with Gasteiger partial charge in [0.05, 0.1) is 11.1 Å². The van der Waals surface area contributed by atoms with E-state index < -0.39 is 48.9 Å². The number of alkyl halides is 6. The molecule has 1 N–H and O–H groups in total. The van der Waals surface area contributed by atoms with Crippen LogP contribution in [0.4, 0.5) is 32.0 Å². The van der Waals surface area contributed by atoms with E-state index in [0.717, 1.165) is 12.3 Å². The molecule has 0 saturated heterocycles. The lowest BCUT2D eigenvalue weighted by atomic mass is 10.1. The highest BCUT2D eigenvalue weighted by atomic mass is 32.2. The lowest BCUT2D eigenvalue weighted by molar-refractivity contribution is -0.143. The number of anilines is 1. The summed E-state index contributed by atoms with van der Waals surface area (Å²) in [5.74, 6) is 0. The third-order valence-corrected chi connectivity index (χ3v) is 4.85. The van der Waals surface area contributed by atoms with Crippen LogP contribution < -0.4 is 5.32 Å². The summed E-state index contributed by atoms with van der Waals surface area (Å²) in [7, 11) is -4.42. The standard InChI is InChI=1S/C16H9F6N3O2S/c17-15(18,19)10-5-11(16(20,21)22)7-12(6-10)25-9-13(8-23)28(26,27)14-3-1-2-4-24-14/h1-7,9,25H/b13-9-. The van der Waals surface area contributed by atoms with Crippen molar-refractivity contribution >= 4 is 15.5 Å². The number of allylic oxidation sites excluding steroid dienone is 1. The smallest absolute Gasteiger partial charge is 0.360 e. The molecule has 148 valence electrons. The van der Waals surface area contributed by atoms with E-state index in [4.69, 9.17) is 5.26 Å². The number of nitriles is 1. The second kappa shape index (κ2) is 7.51. The molecule has 0 aliphatic rings. The predicted molar refractivity (Wildman–Crippen MR) is 85.2 cm³/mol. The van der Waals surface area contributed by atoms with Gasteiger partial charge in [0, 0.05) is 18.1 Å². The second-order valence-corrected chi connectivity index (χ2v) is 7.10. The Balaban J connectivity index is 2.48. The highest BCUT2D eigenvalue weighted by molar-refractivity contribution is 7.95. The van der Waals surface area contributed by atoms with Crippen LogP contribution in [0.25, 0.3) is 0 Å². The van der Waals surface area contributed by atoms with E-state index in [1.165, 1.54) is 18.2 Å². The molecule has 0 aliphatic heterocycles. The van der Waals surface area contributed by atoms with Gasteiger partial charge < -0.3 is 5.32 Å². The van der Waals surface area contributed by atoms with Gasteiger partial charge in [-0.2, -0.15) is 31.6 Å². The molecule has 28 heavy (non-hydrogen) atoms. The maximum Gasteiger partial charge on any atom is 0.416 e. The van der Waals surface area contributed by atoms with E-state index in [0.29, 0.717) is 18.3 Å². The first kappa shape index (κ1) is 21.2. The summed E-state index contributed by atoms with van der Waals surface area (Å²) in [6.45, 7) is 0. The topological polar surface area (TPSA) is 82.9 Å². The van der Waals surface area contributed by atoms with Crippen molar-refractivity contribution in [3.63, 3.8) is 0 Å². The summed E-state index contributed by atoms with van der Waals surface area (Å²) in [4.78, 5) is 2.61. The van der Waals surface area contributed by atoms with E-state index in [1.807, 2.05) is 5.32 Å². The van der Waals surface area contributed by atoms with Gasteiger partial charge in [-0.3, -0.25) is 0 Å². The van der Waals surface area contributed by atoms with Crippen LogP contribution in [0, 0.1) is 11.3 Å². The number of pyridine rings is 1. The molecule has 0 unspecified atom stereocenters. The summed E-state index contributed by atoms with van der Waals surface area (Å²) in [6.07, 6.45) is -8.50. The Hall–Kier alpha value is -3.07. The van der Waals surface area contributed by atoms with Crippen LogP contribution in [-0.2, 0) is 22.2 Å². The lowest BCUT2D eigenvalue weighted by Crippen LogP contribution is -2.12. The third-order valence-electron chi connectivity index (χ3n) is 3.27. The molecule has 0 amide bonds. The van der Waals surface area contributed by atoms with Crippen LogP contribution in [0.1, 0.15) is 11.1 Å². The molecule has 2 aromatic rings. The summed E-state index contributed by atoms with van der Waals surface area (Å²) in [5.41, 5.74) is -3.89. The van der Waals surface area contributed by atoms with Gasteiger partial charge in [0.15, 0.2) is 9.93 Å². The minimum atomic E-state index is -5.07. The SMILES string of the molecule is N#C/C(=C/Nc1cc(C(F)(F)F)cc(C(F)(F)F)c1)S(=O)(=O)c1ccccn1. The van der Waals surface area contributed by atoms with Gasteiger partial charge in [0.2, 0.25) is 9.84 Å². The predicted octanol–water partition coefficient (Wildman–Crippen LogP) is 4.37. The quantitative estimate of drug-likeness (QED) is 0.586. The van der Waals surface area contributed by atoms with Crippen molar-refractivity contribution in [3.8, 4) is 6.07 Å². The van der Waals surface area contributed by atoms with Crippen LogP contribution in [-0.4, -0.2) is 13.4 Å². The summed E-state index contributed by atoms with van der Waals surface area (Å²) >= 11 is 0. The molecule has 0 fully saturated rings. The van der Waals surface area contributed by atoms with E-state index in [-0.39, 0.29) is 6.07 Å². The molecule has 5 nitrogen and oxygen atoms in total. The Bertz CT molecular complexity index is 1010. The molecule has 0 spiro atoms. The molecular formula is C16H9F6N3O2S. The van der Waals surface area contributed by atoms with Crippen molar-refractivity contribution in [2.24, 2.45) is 0 Å². The van der Waals surface area contributed by atoms with Crippen LogP contribution in [0.2, 0.25) is 0 Å². The number of sulfone groups is 1. The van der Waals surface area contributed by atoms with E-state index >= 15 is 0 Å². The maximum atomic E-state index is 12.8. The van der Waals surface area contributed by atoms with Gasteiger partial charge in [-0.25, -0.2) is 13.4 Å². The molecule has 0 radical (unpaired) electrons. The van der Waals surface area contributed by atoms with Crippen LogP contribution in [0.15, 0.2) is 58.7 Å². The fourth-order valence-electron chi connectivity index (χ4n) is 1.98. The van der Waals surface area contributed by atoms with Crippen molar-refractivity contribution in [2.45, 2.75) is 17.4 Å². The van der Waals surface area contributed by atoms with Gasteiger partial charge in [-0.05, 0) is 30.3 Å². The molecule has 1 aromatic carbocycles. The average molecular weight is 421 g/mol. The number of nitrogens with zero attached hydrogens (tertiary/aromatic N) is 2. The second-order valence-electron chi connectivity index (χ2n) is 5.23. The normalized spacial score (nSPS) is 13.1. The first-order valence-electron chi connectivity index (χ1n) is 7.18. The van der Waals surface area contributed by atoms with Gasteiger partial charge in [0.25, 0.3) is 0 Å². The van der Waals surface area contributed by atoms with Crippen LogP contribution in [0.3, 0.4) is 0 Å². The van der Waals surface area contributed by atoms with Crippen molar-refractivity contribution in [1.82, 2.24) is 4.98 Å². The number of nitrogens with one attached hydrogen (secondary N) is 1. The summed E-state index contributed by atoms with van der Waals surface area (Å²) < 4.78 is 102. The zero-order chi connectivity index (χ0) is 21.2. The zero-order valence-electron chi connectivity index (χ0n) is 13.5. The van der Waals surface area contributed by atoms with Crippen LogP contribution >= 0.6 is 0 Å². The zero-order valence-corrected chi connectivity index (χ0v) is 14.3. The van der Waals surface area contributed by atoms with E-state index in [2.05, 4.69) is 4.98 Å². The van der Waals surface area contributed by atoms with Crippen molar-refractivity contribution in [2.75, 3.05) is 5.32 Å². The number of aromatic nitrogens is 1. The van der Waals surface area contributed by atoms with Gasteiger partial charge in [-0.15, -0.1) is 0 Å². The Kier molecular flexibility index (Phi) is 5.70. The molecule has 0 atom stereocenters.